The lowest BCUT2D eigenvalue weighted by atomic mass is 10.0. The summed E-state index contributed by atoms with van der Waals surface area (Å²) in [5.74, 6) is 2.20. The number of guanidine groups is 1. The van der Waals surface area contributed by atoms with Gasteiger partial charge in [0.2, 0.25) is 0 Å². The topological polar surface area (TPSA) is 48.9 Å². The third kappa shape index (κ3) is 7.68. The maximum atomic E-state index is 5.17. The van der Waals surface area contributed by atoms with Gasteiger partial charge in [-0.05, 0) is 49.7 Å². The lowest BCUT2D eigenvalue weighted by Gasteiger charge is -2.33. The van der Waals surface area contributed by atoms with Crippen molar-refractivity contribution in [1.82, 2.24) is 15.5 Å². The number of hydrogen-bond donors (Lipinski definition) is 2. The van der Waals surface area contributed by atoms with E-state index in [2.05, 4.69) is 60.6 Å². The second-order valence-corrected chi connectivity index (χ2v) is 8.84. The van der Waals surface area contributed by atoms with E-state index in [0.717, 1.165) is 45.2 Å². The van der Waals surface area contributed by atoms with E-state index in [0.29, 0.717) is 23.9 Å². The van der Waals surface area contributed by atoms with Gasteiger partial charge in [-0.15, -0.1) is 24.0 Å². The molecular weight excluding hydrogens is 487 g/mol. The first kappa shape index (κ1) is 25.4. The normalized spacial score (nSPS) is 22.6. The summed E-state index contributed by atoms with van der Waals surface area (Å²) in [6, 6.07) is 10.2. The molecule has 1 saturated carbocycles. The second-order valence-electron chi connectivity index (χ2n) is 8.84. The van der Waals surface area contributed by atoms with Crippen molar-refractivity contribution in [3.63, 3.8) is 0 Å². The molecule has 2 aliphatic rings. The van der Waals surface area contributed by atoms with Crippen molar-refractivity contribution in [2.75, 3.05) is 39.9 Å². The standard InChI is InChI=1S/C24H40N4O.HI/c1-5-25-24(26-21-11-14-28(15-12-21)13-6-16-29-4)27-23-17-22(23)20-9-7-19(8-10-20)18(2)3;/h7-10,18,21-23H,5-6,11-17H2,1-4H3,(H2,25,26,27);1H. The average Bonchev–Trinajstić information content (AvgIpc) is 3.49. The quantitative estimate of drug-likeness (QED) is 0.217. The van der Waals surface area contributed by atoms with Crippen molar-refractivity contribution < 1.29 is 4.74 Å². The van der Waals surface area contributed by atoms with Crippen LogP contribution in [0.1, 0.15) is 69.4 Å². The maximum absolute atomic E-state index is 5.17. The van der Waals surface area contributed by atoms with Crippen LogP contribution in [0.2, 0.25) is 0 Å². The summed E-state index contributed by atoms with van der Waals surface area (Å²) in [5, 5.41) is 7.39. The molecular formula is C24H41IN4O. The summed E-state index contributed by atoms with van der Waals surface area (Å²) in [4.78, 5) is 7.26. The molecule has 2 atom stereocenters. The number of ether oxygens (including phenoxy) is 1. The SMILES string of the molecule is CCN=C(NC1CCN(CCCOC)CC1)NC1CC1c1ccc(C(C)C)cc1.I. The Hall–Kier alpha value is -0.860. The number of benzene rings is 1. The number of methoxy groups -OCH3 is 1. The van der Waals surface area contributed by atoms with Crippen molar-refractivity contribution in [2.24, 2.45) is 4.99 Å². The van der Waals surface area contributed by atoms with Crippen molar-refractivity contribution in [3.8, 4) is 0 Å². The van der Waals surface area contributed by atoms with Gasteiger partial charge in [-0.1, -0.05) is 38.1 Å². The number of halogens is 1. The van der Waals surface area contributed by atoms with E-state index in [1.807, 2.05) is 0 Å². The largest absolute Gasteiger partial charge is 0.385 e. The molecule has 2 N–H and O–H groups in total. The number of likely N-dealkylation sites (tertiary alicyclic amines) is 1. The maximum Gasteiger partial charge on any atom is 0.191 e. The molecule has 0 spiro atoms. The number of hydrogen-bond acceptors (Lipinski definition) is 3. The molecule has 1 aromatic rings. The second kappa shape index (κ2) is 12.9. The third-order valence-electron chi connectivity index (χ3n) is 6.21. The Bertz CT molecular complexity index is 641. The van der Waals surface area contributed by atoms with Crippen LogP contribution in [-0.2, 0) is 4.74 Å². The van der Waals surface area contributed by atoms with E-state index in [-0.39, 0.29) is 24.0 Å². The molecule has 0 bridgehead atoms. The molecule has 2 unspecified atom stereocenters. The van der Waals surface area contributed by atoms with Gasteiger partial charge in [0.25, 0.3) is 0 Å². The minimum atomic E-state index is 0. The molecule has 1 saturated heterocycles. The minimum absolute atomic E-state index is 0. The summed E-state index contributed by atoms with van der Waals surface area (Å²) in [7, 11) is 1.78. The fraction of sp³-hybridized carbons (Fsp3) is 0.708. The molecule has 170 valence electrons. The summed E-state index contributed by atoms with van der Waals surface area (Å²) in [6.07, 6.45) is 4.69. The Morgan fingerprint density at radius 3 is 2.47 bits per heavy atom. The number of nitrogens with one attached hydrogen (secondary N) is 2. The van der Waals surface area contributed by atoms with Crippen molar-refractivity contribution in [2.45, 2.75) is 70.4 Å². The molecule has 1 heterocycles. The first-order valence-corrected chi connectivity index (χ1v) is 11.5. The Balaban J connectivity index is 0.00000320. The zero-order chi connectivity index (χ0) is 20.6. The van der Waals surface area contributed by atoms with Gasteiger partial charge in [0.05, 0.1) is 0 Å². The predicted octanol–water partition coefficient (Wildman–Crippen LogP) is 4.34. The molecule has 0 amide bonds. The smallest absolute Gasteiger partial charge is 0.191 e. The molecule has 1 aliphatic carbocycles. The van der Waals surface area contributed by atoms with E-state index in [1.165, 1.54) is 30.4 Å². The van der Waals surface area contributed by atoms with E-state index in [9.17, 15) is 0 Å². The molecule has 30 heavy (non-hydrogen) atoms. The Labute approximate surface area is 200 Å². The molecule has 1 aliphatic heterocycles. The van der Waals surface area contributed by atoms with Crippen LogP contribution < -0.4 is 10.6 Å². The fourth-order valence-corrected chi connectivity index (χ4v) is 4.24. The van der Waals surface area contributed by atoms with Crippen LogP contribution in [-0.4, -0.2) is 62.8 Å². The number of rotatable bonds is 9. The van der Waals surface area contributed by atoms with Crippen LogP contribution in [0.5, 0.6) is 0 Å². The number of piperidine rings is 1. The van der Waals surface area contributed by atoms with Gasteiger partial charge in [-0.25, -0.2) is 0 Å². The van der Waals surface area contributed by atoms with Gasteiger partial charge in [0, 0.05) is 57.9 Å². The molecule has 2 fully saturated rings. The van der Waals surface area contributed by atoms with Crippen molar-refractivity contribution >= 4 is 29.9 Å². The molecule has 1 aromatic carbocycles. The van der Waals surface area contributed by atoms with Crippen LogP contribution >= 0.6 is 24.0 Å². The summed E-state index contributed by atoms with van der Waals surface area (Å²) >= 11 is 0. The van der Waals surface area contributed by atoms with Crippen LogP contribution in [0.25, 0.3) is 0 Å². The Morgan fingerprint density at radius 1 is 1.17 bits per heavy atom. The summed E-state index contributed by atoms with van der Waals surface area (Å²) in [6.45, 7) is 11.7. The lowest BCUT2D eigenvalue weighted by Crippen LogP contribution is -2.49. The van der Waals surface area contributed by atoms with E-state index >= 15 is 0 Å². The molecule has 3 rings (SSSR count). The van der Waals surface area contributed by atoms with Crippen molar-refractivity contribution in [1.29, 1.82) is 0 Å². The highest BCUT2D eigenvalue weighted by Crippen LogP contribution is 2.41. The Morgan fingerprint density at radius 2 is 1.87 bits per heavy atom. The predicted molar refractivity (Wildman–Crippen MR) is 137 cm³/mol. The van der Waals surface area contributed by atoms with Gasteiger partial charge in [-0.2, -0.15) is 0 Å². The molecule has 0 radical (unpaired) electrons. The van der Waals surface area contributed by atoms with E-state index < -0.39 is 0 Å². The van der Waals surface area contributed by atoms with Gasteiger partial charge in [0.1, 0.15) is 0 Å². The zero-order valence-electron chi connectivity index (χ0n) is 19.2. The van der Waals surface area contributed by atoms with Crippen molar-refractivity contribution in [3.05, 3.63) is 35.4 Å². The lowest BCUT2D eigenvalue weighted by molar-refractivity contribution is 0.155. The summed E-state index contributed by atoms with van der Waals surface area (Å²) in [5.41, 5.74) is 2.87. The van der Waals surface area contributed by atoms with Crippen LogP contribution in [0.3, 0.4) is 0 Å². The number of aliphatic imine (C=N–C) groups is 1. The zero-order valence-corrected chi connectivity index (χ0v) is 21.5. The monoisotopic (exact) mass is 528 g/mol. The number of nitrogens with zero attached hydrogens (tertiary/aromatic N) is 2. The highest BCUT2D eigenvalue weighted by Gasteiger charge is 2.39. The van der Waals surface area contributed by atoms with Gasteiger partial charge < -0.3 is 20.3 Å². The van der Waals surface area contributed by atoms with Gasteiger partial charge >= 0.3 is 0 Å². The third-order valence-corrected chi connectivity index (χ3v) is 6.21. The van der Waals surface area contributed by atoms with Gasteiger partial charge in [0.15, 0.2) is 5.96 Å². The average molecular weight is 529 g/mol. The minimum Gasteiger partial charge on any atom is -0.385 e. The molecule has 6 heteroatoms. The first-order valence-electron chi connectivity index (χ1n) is 11.5. The van der Waals surface area contributed by atoms with E-state index in [4.69, 9.17) is 9.73 Å². The first-order chi connectivity index (χ1) is 14.1. The Kier molecular flexibility index (Phi) is 10.9. The van der Waals surface area contributed by atoms with Crippen LogP contribution in [0.4, 0.5) is 0 Å². The highest BCUT2D eigenvalue weighted by atomic mass is 127. The van der Waals surface area contributed by atoms with Gasteiger partial charge in [-0.3, -0.25) is 4.99 Å². The fourth-order valence-electron chi connectivity index (χ4n) is 4.24. The molecule has 0 aromatic heterocycles. The van der Waals surface area contributed by atoms with E-state index in [1.54, 1.807) is 7.11 Å². The summed E-state index contributed by atoms with van der Waals surface area (Å²) < 4.78 is 5.17. The molecule has 5 nitrogen and oxygen atoms in total. The van der Waals surface area contributed by atoms with Crippen LogP contribution in [0, 0.1) is 0 Å². The van der Waals surface area contributed by atoms with Crippen LogP contribution in [0.15, 0.2) is 29.3 Å². The highest BCUT2D eigenvalue weighted by molar-refractivity contribution is 14.0.